The van der Waals surface area contributed by atoms with Gasteiger partial charge in [0.05, 0.1) is 4.99 Å². The minimum atomic E-state index is -3.30. The number of nitrogens with zero attached hydrogens (tertiary/aromatic N) is 2. The summed E-state index contributed by atoms with van der Waals surface area (Å²) in [5.74, 6) is -0.215. The Morgan fingerprint density at radius 1 is 1.47 bits per heavy atom. The summed E-state index contributed by atoms with van der Waals surface area (Å²) in [7, 11) is -3.30. The Balaban J connectivity index is 2.64. The molecule has 0 amide bonds. The van der Waals surface area contributed by atoms with Crippen molar-refractivity contribution in [1.29, 1.82) is 0 Å². The van der Waals surface area contributed by atoms with Gasteiger partial charge >= 0.3 is 0 Å². The van der Waals surface area contributed by atoms with Crippen molar-refractivity contribution >= 4 is 27.2 Å². The van der Waals surface area contributed by atoms with E-state index in [1.165, 1.54) is 4.31 Å². The third-order valence-corrected chi connectivity index (χ3v) is 5.29. The van der Waals surface area contributed by atoms with Gasteiger partial charge in [0.2, 0.25) is 10.0 Å². The molecular weight excluding hydrogens is 258 g/mol. The Bertz CT molecular complexity index is 366. The highest BCUT2D eigenvalue weighted by Gasteiger charge is 2.33. The SMILES string of the molecule is CCN(CC)C1CCN(S(=O)(=O)CC(N)=S)C1. The maximum atomic E-state index is 11.9. The number of thiocarbonyl (C=S) groups is 1. The van der Waals surface area contributed by atoms with Crippen LogP contribution >= 0.6 is 12.2 Å². The second-order valence-corrected chi connectivity index (χ2v) is 6.74. The van der Waals surface area contributed by atoms with Gasteiger partial charge in [0.25, 0.3) is 0 Å². The first-order chi connectivity index (χ1) is 7.90. The molecule has 1 aliphatic rings. The molecule has 0 aromatic heterocycles. The first-order valence-electron chi connectivity index (χ1n) is 5.90. The molecule has 0 radical (unpaired) electrons. The number of likely N-dealkylation sites (N-methyl/N-ethyl adjacent to an activating group) is 1. The maximum Gasteiger partial charge on any atom is 0.220 e. The molecular formula is C10H21N3O2S2. The van der Waals surface area contributed by atoms with Crippen molar-refractivity contribution in [2.45, 2.75) is 26.3 Å². The average molecular weight is 279 g/mol. The second kappa shape index (κ2) is 6.08. The lowest BCUT2D eigenvalue weighted by Crippen LogP contribution is -2.40. The predicted molar refractivity (Wildman–Crippen MR) is 73.5 cm³/mol. The summed E-state index contributed by atoms with van der Waals surface area (Å²) in [4.78, 5) is 2.33. The average Bonchev–Trinajstić information content (AvgIpc) is 2.67. The normalized spacial score (nSPS) is 22.2. The van der Waals surface area contributed by atoms with Gasteiger partial charge in [-0.1, -0.05) is 26.1 Å². The Labute approximate surface area is 109 Å². The van der Waals surface area contributed by atoms with Gasteiger partial charge in [-0.3, -0.25) is 4.90 Å². The quantitative estimate of drug-likeness (QED) is 0.694. The van der Waals surface area contributed by atoms with E-state index in [2.05, 4.69) is 31.0 Å². The molecule has 17 heavy (non-hydrogen) atoms. The van der Waals surface area contributed by atoms with Crippen LogP contribution in [0, 0.1) is 0 Å². The fourth-order valence-corrected chi connectivity index (χ4v) is 4.04. The number of nitrogens with two attached hydrogens (primary N) is 1. The summed E-state index contributed by atoms with van der Waals surface area (Å²) in [5, 5.41) is 0. The largest absolute Gasteiger partial charge is 0.392 e. The fraction of sp³-hybridized carbons (Fsp3) is 0.900. The van der Waals surface area contributed by atoms with E-state index in [1.807, 2.05) is 0 Å². The van der Waals surface area contributed by atoms with Gasteiger partial charge in [0.15, 0.2) is 0 Å². The zero-order valence-corrected chi connectivity index (χ0v) is 12.1. The Morgan fingerprint density at radius 3 is 2.53 bits per heavy atom. The topological polar surface area (TPSA) is 66.6 Å². The van der Waals surface area contributed by atoms with Crippen molar-refractivity contribution < 1.29 is 8.42 Å². The third kappa shape index (κ3) is 3.87. The first-order valence-corrected chi connectivity index (χ1v) is 7.92. The molecule has 5 nitrogen and oxygen atoms in total. The minimum Gasteiger partial charge on any atom is -0.392 e. The Morgan fingerprint density at radius 2 is 2.06 bits per heavy atom. The molecule has 0 aromatic carbocycles. The number of hydrogen-bond acceptors (Lipinski definition) is 4. The molecule has 1 atom stereocenters. The smallest absolute Gasteiger partial charge is 0.220 e. The van der Waals surface area contributed by atoms with E-state index in [-0.39, 0.29) is 10.7 Å². The lowest BCUT2D eigenvalue weighted by atomic mass is 10.2. The van der Waals surface area contributed by atoms with Gasteiger partial charge in [-0.25, -0.2) is 8.42 Å². The van der Waals surface area contributed by atoms with Crippen LogP contribution in [0.4, 0.5) is 0 Å². The van der Waals surface area contributed by atoms with E-state index in [0.717, 1.165) is 19.5 Å². The molecule has 1 heterocycles. The zero-order chi connectivity index (χ0) is 13.1. The van der Waals surface area contributed by atoms with Crippen molar-refractivity contribution in [1.82, 2.24) is 9.21 Å². The van der Waals surface area contributed by atoms with Gasteiger partial charge in [-0.2, -0.15) is 4.31 Å². The van der Waals surface area contributed by atoms with E-state index >= 15 is 0 Å². The summed E-state index contributed by atoms with van der Waals surface area (Å²) in [6.07, 6.45) is 0.887. The number of sulfonamides is 1. The molecule has 0 bridgehead atoms. The van der Waals surface area contributed by atoms with E-state index < -0.39 is 10.0 Å². The van der Waals surface area contributed by atoms with Crippen LogP contribution in [0.3, 0.4) is 0 Å². The summed E-state index contributed by atoms with van der Waals surface area (Å²) in [6.45, 7) is 7.22. The molecule has 2 N–H and O–H groups in total. The van der Waals surface area contributed by atoms with Crippen molar-refractivity contribution in [2.75, 3.05) is 31.9 Å². The lowest BCUT2D eigenvalue weighted by Gasteiger charge is -2.26. The van der Waals surface area contributed by atoms with Crippen LogP contribution in [-0.4, -0.2) is 60.6 Å². The zero-order valence-electron chi connectivity index (χ0n) is 10.4. The van der Waals surface area contributed by atoms with E-state index in [1.54, 1.807) is 0 Å². The van der Waals surface area contributed by atoms with Crippen LogP contribution in [0.2, 0.25) is 0 Å². The molecule has 7 heteroatoms. The van der Waals surface area contributed by atoms with E-state index in [9.17, 15) is 8.42 Å². The van der Waals surface area contributed by atoms with Gasteiger partial charge < -0.3 is 5.73 Å². The van der Waals surface area contributed by atoms with Crippen molar-refractivity contribution in [3.63, 3.8) is 0 Å². The summed E-state index contributed by atoms with van der Waals surface area (Å²) >= 11 is 4.67. The highest BCUT2D eigenvalue weighted by molar-refractivity contribution is 7.92. The van der Waals surface area contributed by atoms with Crippen LogP contribution in [0.15, 0.2) is 0 Å². The Hall–Kier alpha value is -0.240. The summed E-state index contributed by atoms with van der Waals surface area (Å²) in [6, 6.07) is 0.325. The van der Waals surface area contributed by atoms with Gasteiger partial charge in [0, 0.05) is 19.1 Å². The third-order valence-electron chi connectivity index (χ3n) is 3.17. The van der Waals surface area contributed by atoms with Crippen LogP contribution in [-0.2, 0) is 10.0 Å². The van der Waals surface area contributed by atoms with Crippen LogP contribution in [0.25, 0.3) is 0 Å². The Kier molecular flexibility index (Phi) is 5.30. The first kappa shape index (κ1) is 14.8. The highest BCUT2D eigenvalue weighted by Crippen LogP contribution is 2.18. The van der Waals surface area contributed by atoms with Gasteiger partial charge in [-0.15, -0.1) is 0 Å². The van der Waals surface area contributed by atoms with Crippen molar-refractivity contribution in [3.05, 3.63) is 0 Å². The fourth-order valence-electron chi connectivity index (χ4n) is 2.27. The molecule has 0 saturated carbocycles. The predicted octanol–water partition coefficient (Wildman–Crippen LogP) is 0.0184. The summed E-state index contributed by atoms with van der Waals surface area (Å²) in [5.41, 5.74) is 5.31. The molecule has 0 aliphatic carbocycles. The van der Waals surface area contributed by atoms with E-state index in [0.29, 0.717) is 19.1 Å². The minimum absolute atomic E-state index is 0.0382. The lowest BCUT2D eigenvalue weighted by molar-refractivity contribution is 0.225. The van der Waals surface area contributed by atoms with Gasteiger partial charge in [-0.05, 0) is 19.5 Å². The summed E-state index contributed by atoms with van der Waals surface area (Å²) < 4.78 is 25.4. The maximum absolute atomic E-state index is 11.9. The van der Waals surface area contributed by atoms with Crippen molar-refractivity contribution in [2.24, 2.45) is 5.73 Å². The molecule has 1 fully saturated rings. The second-order valence-electron chi connectivity index (χ2n) is 4.24. The molecule has 1 saturated heterocycles. The van der Waals surface area contributed by atoms with E-state index in [4.69, 9.17) is 5.73 Å². The van der Waals surface area contributed by atoms with Crippen LogP contribution < -0.4 is 5.73 Å². The van der Waals surface area contributed by atoms with Crippen LogP contribution in [0.5, 0.6) is 0 Å². The molecule has 1 aliphatic heterocycles. The van der Waals surface area contributed by atoms with Crippen LogP contribution in [0.1, 0.15) is 20.3 Å². The van der Waals surface area contributed by atoms with Crippen molar-refractivity contribution in [3.8, 4) is 0 Å². The number of rotatable bonds is 6. The number of hydrogen-bond donors (Lipinski definition) is 1. The molecule has 0 aromatic rings. The monoisotopic (exact) mass is 279 g/mol. The standard InChI is InChI=1S/C10H21N3O2S2/c1-3-12(4-2)9-5-6-13(7-9)17(14,15)8-10(11)16/h9H,3-8H2,1-2H3,(H2,11,16). The van der Waals surface area contributed by atoms with Gasteiger partial charge in [0.1, 0.15) is 5.75 Å². The molecule has 100 valence electrons. The molecule has 1 rings (SSSR count). The highest BCUT2D eigenvalue weighted by atomic mass is 32.2. The molecule has 1 unspecified atom stereocenters. The molecule has 0 spiro atoms.